The number of rotatable bonds is 3. The maximum Gasteiger partial charge on any atom is 0.0411 e. The fourth-order valence-electron chi connectivity index (χ4n) is 3.13. The summed E-state index contributed by atoms with van der Waals surface area (Å²) in [4.78, 5) is 2.43. The van der Waals surface area contributed by atoms with Crippen molar-refractivity contribution in [2.24, 2.45) is 0 Å². The third-order valence-corrected chi connectivity index (χ3v) is 4.51. The van der Waals surface area contributed by atoms with Gasteiger partial charge in [0, 0.05) is 17.0 Å². The number of hydrogen-bond donors (Lipinski definition) is 0. The van der Waals surface area contributed by atoms with Crippen molar-refractivity contribution in [2.45, 2.75) is 18.4 Å². The molecule has 2 atom stereocenters. The van der Waals surface area contributed by atoms with E-state index in [1.807, 2.05) is 18.2 Å². The van der Waals surface area contributed by atoms with Gasteiger partial charge in [0.05, 0.1) is 0 Å². The Kier molecular flexibility index (Phi) is 4.42. The highest BCUT2D eigenvalue weighted by atomic mass is 35.5. The van der Waals surface area contributed by atoms with E-state index >= 15 is 0 Å². The van der Waals surface area contributed by atoms with Crippen LogP contribution < -0.4 is 0 Å². The number of hydrogen-bond acceptors (Lipinski definition) is 1. The normalized spacial score (nSPS) is 23.0. The molecule has 0 bridgehead atoms. The summed E-state index contributed by atoms with van der Waals surface area (Å²) >= 11 is 6.05. The van der Waals surface area contributed by atoms with E-state index in [1.165, 1.54) is 12.0 Å². The summed E-state index contributed by atoms with van der Waals surface area (Å²) in [7, 11) is 2.20. The molecule has 2 aromatic carbocycles. The summed E-state index contributed by atoms with van der Waals surface area (Å²) in [6.45, 7) is 1.14. The van der Waals surface area contributed by atoms with Gasteiger partial charge in [0.2, 0.25) is 0 Å². The Bertz CT molecular complexity index is 620. The molecule has 2 heteroatoms. The van der Waals surface area contributed by atoms with Crippen LogP contribution in [-0.4, -0.2) is 24.5 Å². The number of likely N-dealkylation sites (N-methyl/N-ethyl adjacent to an activating group) is 1. The number of benzene rings is 2. The van der Waals surface area contributed by atoms with Gasteiger partial charge in [-0.25, -0.2) is 0 Å². The molecule has 108 valence electrons. The molecule has 3 rings (SSSR count). The van der Waals surface area contributed by atoms with Gasteiger partial charge >= 0.3 is 0 Å². The van der Waals surface area contributed by atoms with Gasteiger partial charge in [0.15, 0.2) is 0 Å². The van der Waals surface area contributed by atoms with Crippen LogP contribution in [0.3, 0.4) is 0 Å². The first-order valence-electron chi connectivity index (χ1n) is 7.43. The van der Waals surface area contributed by atoms with Gasteiger partial charge in [0.1, 0.15) is 0 Å². The fourth-order valence-corrected chi connectivity index (χ4v) is 3.33. The topological polar surface area (TPSA) is 3.24 Å². The van der Waals surface area contributed by atoms with E-state index in [0.29, 0.717) is 12.0 Å². The molecule has 1 saturated heterocycles. The van der Waals surface area contributed by atoms with Gasteiger partial charge in [-0.05, 0) is 43.3 Å². The lowest BCUT2D eigenvalue weighted by Crippen LogP contribution is -2.26. The lowest BCUT2D eigenvalue weighted by Gasteiger charge is -2.22. The predicted molar refractivity (Wildman–Crippen MR) is 90.7 cm³/mol. The second-order valence-corrected chi connectivity index (χ2v) is 6.13. The van der Waals surface area contributed by atoms with Crippen LogP contribution in [0.15, 0.2) is 60.7 Å². The van der Waals surface area contributed by atoms with Crippen molar-refractivity contribution in [1.82, 2.24) is 4.90 Å². The zero-order valence-electron chi connectivity index (χ0n) is 12.2. The van der Waals surface area contributed by atoms with Gasteiger partial charge in [-0.1, -0.05) is 66.2 Å². The molecule has 0 N–H and O–H groups in total. The standard InChI is InChI=1S/C19H20ClN/c1-21-13-12-18(16-7-3-2-4-8-16)19(21)11-10-15-6-5-9-17(20)14-15/h2-11,14,18-19H,12-13H2,1H3/t18-,19+/m0/s1. The molecular weight excluding hydrogens is 278 g/mol. The van der Waals surface area contributed by atoms with Gasteiger partial charge < -0.3 is 0 Å². The average Bonchev–Trinajstić information content (AvgIpc) is 2.87. The molecule has 0 spiro atoms. The highest BCUT2D eigenvalue weighted by Crippen LogP contribution is 2.33. The largest absolute Gasteiger partial charge is 0.299 e. The summed E-state index contributed by atoms with van der Waals surface area (Å²) in [5.41, 5.74) is 2.59. The number of halogens is 1. The molecule has 0 unspecified atom stereocenters. The number of likely N-dealkylation sites (tertiary alicyclic amines) is 1. The van der Waals surface area contributed by atoms with Crippen LogP contribution in [0.5, 0.6) is 0 Å². The van der Waals surface area contributed by atoms with Crippen LogP contribution in [0.4, 0.5) is 0 Å². The van der Waals surface area contributed by atoms with Crippen LogP contribution in [0.25, 0.3) is 6.08 Å². The molecule has 0 radical (unpaired) electrons. The fraction of sp³-hybridized carbons (Fsp3) is 0.263. The quantitative estimate of drug-likeness (QED) is 0.783. The molecule has 2 aromatic rings. The summed E-state index contributed by atoms with van der Waals surface area (Å²) < 4.78 is 0. The summed E-state index contributed by atoms with van der Waals surface area (Å²) in [5.74, 6) is 0.576. The third-order valence-electron chi connectivity index (χ3n) is 4.28. The van der Waals surface area contributed by atoms with E-state index in [-0.39, 0.29) is 0 Å². The highest BCUT2D eigenvalue weighted by Gasteiger charge is 2.30. The minimum atomic E-state index is 0.450. The zero-order chi connectivity index (χ0) is 14.7. The minimum absolute atomic E-state index is 0.450. The lowest BCUT2D eigenvalue weighted by atomic mass is 9.91. The Morgan fingerprint density at radius 2 is 1.90 bits per heavy atom. The lowest BCUT2D eigenvalue weighted by molar-refractivity contribution is 0.347. The van der Waals surface area contributed by atoms with Crippen molar-refractivity contribution in [3.63, 3.8) is 0 Å². The SMILES string of the molecule is CN1CC[C@@H](c2ccccc2)[C@H]1C=Cc1cccc(Cl)c1. The van der Waals surface area contributed by atoms with E-state index in [2.05, 4.69) is 60.5 Å². The van der Waals surface area contributed by atoms with E-state index < -0.39 is 0 Å². The molecule has 21 heavy (non-hydrogen) atoms. The van der Waals surface area contributed by atoms with Crippen LogP contribution in [-0.2, 0) is 0 Å². The van der Waals surface area contributed by atoms with Gasteiger partial charge in [0.25, 0.3) is 0 Å². The maximum atomic E-state index is 6.05. The molecule has 1 aliphatic heterocycles. The van der Waals surface area contributed by atoms with E-state index in [0.717, 1.165) is 17.1 Å². The second-order valence-electron chi connectivity index (χ2n) is 5.69. The molecule has 1 heterocycles. The van der Waals surface area contributed by atoms with Gasteiger partial charge in [-0.15, -0.1) is 0 Å². The molecule has 0 saturated carbocycles. The number of nitrogens with zero attached hydrogens (tertiary/aromatic N) is 1. The highest BCUT2D eigenvalue weighted by molar-refractivity contribution is 6.30. The maximum absolute atomic E-state index is 6.05. The Hall–Kier alpha value is -1.57. The summed E-state index contributed by atoms with van der Waals surface area (Å²) in [6.07, 6.45) is 5.72. The minimum Gasteiger partial charge on any atom is -0.299 e. The first kappa shape index (κ1) is 14.4. The average molecular weight is 298 g/mol. The van der Waals surface area contributed by atoms with Crippen LogP contribution in [0, 0.1) is 0 Å². The third kappa shape index (κ3) is 3.37. The van der Waals surface area contributed by atoms with Crippen LogP contribution >= 0.6 is 11.6 Å². The van der Waals surface area contributed by atoms with Gasteiger partial charge in [-0.2, -0.15) is 0 Å². The van der Waals surface area contributed by atoms with Crippen molar-refractivity contribution in [3.05, 3.63) is 76.8 Å². The van der Waals surface area contributed by atoms with Gasteiger partial charge in [-0.3, -0.25) is 4.90 Å². The van der Waals surface area contributed by atoms with Crippen molar-refractivity contribution in [1.29, 1.82) is 0 Å². The smallest absolute Gasteiger partial charge is 0.0411 e. The van der Waals surface area contributed by atoms with Crippen LogP contribution in [0.1, 0.15) is 23.5 Å². The van der Waals surface area contributed by atoms with Crippen molar-refractivity contribution >= 4 is 17.7 Å². The molecule has 1 nitrogen and oxygen atoms in total. The van der Waals surface area contributed by atoms with Crippen molar-refractivity contribution in [3.8, 4) is 0 Å². The Morgan fingerprint density at radius 3 is 2.67 bits per heavy atom. The molecule has 0 aromatic heterocycles. The molecule has 0 amide bonds. The van der Waals surface area contributed by atoms with E-state index in [1.54, 1.807) is 0 Å². The second kappa shape index (κ2) is 6.46. The zero-order valence-corrected chi connectivity index (χ0v) is 13.0. The summed E-state index contributed by atoms with van der Waals surface area (Å²) in [6, 6.07) is 19.3. The van der Waals surface area contributed by atoms with Crippen molar-refractivity contribution in [2.75, 3.05) is 13.6 Å². The van der Waals surface area contributed by atoms with Crippen molar-refractivity contribution < 1.29 is 0 Å². The Balaban J connectivity index is 1.82. The summed E-state index contributed by atoms with van der Waals surface area (Å²) in [5, 5.41) is 0.788. The van der Waals surface area contributed by atoms with E-state index in [4.69, 9.17) is 11.6 Å². The van der Waals surface area contributed by atoms with Crippen LogP contribution in [0.2, 0.25) is 5.02 Å². The van der Waals surface area contributed by atoms with E-state index in [9.17, 15) is 0 Å². The Morgan fingerprint density at radius 1 is 1.10 bits per heavy atom. The molecule has 1 aliphatic rings. The molecule has 0 aliphatic carbocycles. The first-order chi connectivity index (χ1) is 10.2. The monoisotopic (exact) mass is 297 g/mol. The first-order valence-corrected chi connectivity index (χ1v) is 7.81. The molecular formula is C19H20ClN. The Labute approximate surface area is 131 Å². The molecule has 1 fully saturated rings. The predicted octanol–water partition coefficient (Wildman–Crippen LogP) is 4.84.